The number of esters is 1. The Hall–Kier alpha value is -2.40. The van der Waals surface area contributed by atoms with Crippen molar-refractivity contribution in [3.63, 3.8) is 0 Å². The Kier molecular flexibility index (Phi) is 36.1. The minimum absolute atomic E-state index is 0.0398. The number of hydrogen-bond donors (Lipinski definition) is 1. The Labute approximate surface area is 290 Å². The number of unbranched alkanes of at least 4 members (excludes halogenated alkanes) is 14. The maximum Gasteiger partial charge on any atom is 0.306 e. The fourth-order valence-corrected chi connectivity index (χ4v) is 5.15. The number of aliphatic carboxylic acids is 1. The summed E-state index contributed by atoms with van der Waals surface area (Å²) in [5, 5.41) is 8.59. The summed E-state index contributed by atoms with van der Waals surface area (Å²) in [4.78, 5) is 21.9. The Balaban J connectivity index is 3.89. The van der Waals surface area contributed by atoms with E-state index in [1.165, 1.54) is 77.0 Å². The summed E-state index contributed by atoms with van der Waals surface area (Å²) < 4.78 is 11.4. The lowest BCUT2D eigenvalue weighted by atomic mass is 10.1. The average molecular weight is 657 g/mol. The molecule has 0 aromatic carbocycles. The molecule has 0 aliphatic carbocycles. The summed E-state index contributed by atoms with van der Waals surface area (Å²) >= 11 is 0. The van der Waals surface area contributed by atoms with Gasteiger partial charge in [0.15, 0.2) is 0 Å². The molecule has 0 fully saturated rings. The summed E-state index contributed by atoms with van der Waals surface area (Å²) in [6.45, 7) is 5.77. The standard InChI is InChI=1S/C42H72O5/c1-3-5-7-9-10-11-12-13-14-15-16-17-18-19-22-25-28-32-38-46-40(34-30-8-6-4-2)35-31-27-24-21-20-23-26-29-33-39-47-42(45)37-36-41(43)44/h10-11,13-14,16-17,19,22,27,31,40H,3-9,12,15,18,20-21,23-26,28-30,32-39H2,1-2H3,(H,43,44)/b11-10-,14-13-,17-16-,22-19-,31-27-/t40-/m1/s1. The highest BCUT2D eigenvalue weighted by atomic mass is 16.5. The summed E-state index contributed by atoms with van der Waals surface area (Å²) in [7, 11) is 0. The number of hydrogen-bond acceptors (Lipinski definition) is 4. The molecule has 5 nitrogen and oxygen atoms in total. The average Bonchev–Trinajstić information content (AvgIpc) is 3.06. The molecule has 0 aliphatic rings. The van der Waals surface area contributed by atoms with E-state index >= 15 is 0 Å². The van der Waals surface area contributed by atoms with Gasteiger partial charge in [0.2, 0.25) is 0 Å². The second-order valence-electron chi connectivity index (χ2n) is 12.7. The van der Waals surface area contributed by atoms with Crippen molar-refractivity contribution in [2.75, 3.05) is 13.2 Å². The molecule has 0 radical (unpaired) electrons. The van der Waals surface area contributed by atoms with Crippen LogP contribution in [0, 0.1) is 0 Å². The molecule has 0 aromatic heterocycles. The van der Waals surface area contributed by atoms with E-state index in [-0.39, 0.29) is 12.8 Å². The molecule has 0 rings (SSSR count). The smallest absolute Gasteiger partial charge is 0.306 e. The first-order valence-corrected chi connectivity index (χ1v) is 19.3. The van der Waals surface area contributed by atoms with Crippen LogP contribution in [0.3, 0.4) is 0 Å². The summed E-state index contributed by atoms with van der Waals surface area (Å²) in [5.74, 6) is -1.38. The van der Waals surface area contributed by atoms with Gasteiger partial charge in [-0.1, -0.05) is 139 Å². The number of allylic oxidation sites excluding steroid dienone is 9. The van der Waals surface area contributed by atoms with Crippen LogP contribution in [0.25, 0.3) is 0 Å². The SMILES string of the molecule is CCCCC/C=C\C/C=C\C/C=C\C/C=C\CCCCO[C@@H](C/C=C\CCCCCCCCOC(=O)CCC(=O)O)CCCCCC. The normalized spacial score (nSPS) is 12.9. The van der Waals surface area contributed by atoms with Gasteiger partial charge in [0, 0.05) is 6.61 Å². The first kappa shape index (κ1) is 44.6. The lowest BCUT2D eigenvalue weighted by molar-refractivity contribution is -0.147. The molecule has 0 aromatic rings. The number of ether oxygens (including phenoxy) is 2. The molecule has 0 bridgehead atoms. The molecule has 0 saturated heterocycles. The summed E-state index contributed by atoms with van der Waals surface area (Å²) in [5.41, 5.74) is 0. The van der Waals surface area contributed by atoms with Crippen LogP contribution in [-0.4, -0.2) is 36.4 Å². The van der Waals surface area contributed by atoms with Gasteiger partial charge < -0.3 is 14.6 Å². The second kappa shape index (κ2) is 38.1. The fraction of sp³-hybridized carbons (Fsp3) is 0.714. The van der Waals surface area contributed by atoms with Crippen molar-refractivity contribution < 1.29 is 24.2 Å². The van der Waals surface area contributed by atoms with E-state index in [4.69, 9.17) is 14.6 Å². The minimum Gasteiger partial charge on any atom is -0.481 e. The van der Waals surface area contributed by atoms with E-state index in [2.05, 4.69) is 74.6 Å². The van der Waals surface area contributed by atoms with Gasteiger partial charge in [-0.05, 0) is 83.5 Å². The van der Waals surface area contributed by atoms with Crippen LogP contribution in [0.5, 0.6) is 0 Å². The van der Waals surface area contributed by atoms with Gasteiger partial charge in [0.05, 0.1) is 25.6 Å². The van der Waals surface area contributed by atoms with Crippen molar-refractivity contribution in [2.24, 2.45) is 0 Å². The van der Waals surface area contributed by atoms with Gasteiger partial charge in [0.1, 0.15) is 0 Å². The summed E-state index contributed by atoms with van der Waals surface area (Å²) in [6, 6.07) is 0. The largest absolute Gasteiger partial charge is 0.481 e. The summed E-state index contributed by atoms with van der Waals surface area (Å²) in [6.07, 6.45) is 49.9. The maximum absolute atomic E-state index is 11.4. The first-order valence-electron chi connectivity index (χ1n) is 19.3. The molecule has 1 N–H and O–H groups in total. The van der Waals surface area contributed by atoms with Gasteiger partial charge >= 0.3 is 11.9 Å². The third-order valence-corrected chi connectivity index (χ3v) is 8.09. The van der Waals surface area contributed by atoms with Crippen LogP contribution in [0.2, 0.25) is 0 Å². The van der Waals surface area contributed by atoms with Crippen LogP contribution >= 0.6 is 0 Å². The third kappa shape index (κ3) is 37.9. The van der Waals surface area contributed by atoms with Crippen LogP contribution < -0.4 is 0 Å². The van der Waals surface area contributed by atoms with E-state index < -0.39 is 11.9 Å². The highest BCUT2D eigenvalue weighted by Gasteiger charge is 2.07. The van der Waals surface area contributed by atoms with E-state index in [9.17, 15) is 9.59 Å². The Morgan fingerprint density at radius 1 is 0.532 bits per heavy atom. The van der Waals surface area contributed by atoms with Crippen LogP contribution in [-0.2, 0) is 19.1 Å². The highest BCUT2D eigenvalue weighted by Crippen LogP contribution is 2.14. The van der Waals surface area contributed by atoms with Gasteiger partial charge in [-0.25, -0.2) is 0 Å². The van der Waals surface area contributed by atoms with Crippen molar-refractivity contribution in [3.05, 3.63) is 60.8 Å². The van der Waals surface area contributed by atoms with Crippen molar-refractivity contribution in [1.82, 2.24) is 0 Å². The number of carboxylic acid groups (broad SMARTS) is 1. The van der Waals surface area contributed by atoms with Gasteiger partial charge in [-0.3, -0.25) is 9.59 Å². The lowest BCUT2D eigenvalue weighted by Gasteiger charge is -2.16. The molecule has 0 saturated carbocycles. The topological polar surface area (TPSA) is 72.8 Å². The quantitative estimate of drug-likeness (QED) is 0.0417. The molecule has 1 atom stereocenters. The maximum atomic E-state index is 11.4. The molecule has 0 heterocycles. The van der Waals surface area contributed by atoms with Crippen molar-refractivity contribution in [1.29, 1.82) is 0 Å². The molecule has 270 valence electrons. The van der Waals surface area contributed by atoms with Crippen molar-refractivity contribution in [2.45, 2.75) is 180 Å². The number of rotatable bonds is 35. The Morgan fingerprint density at radius 3 is 1.62 bits per heavy atom. The molecule has 5 heteroatoms. The van der Waals surface area contributed by atoms with Crippen LogP contribution in [0.4, 0.5) is 0 Å². The second-order valence-corrected chi connectivity index (χ2v) is 12.7. The monoisotopic (exact) mass is 657 g/mol. The van der Waals surface area contributed by atoms with Crippen molar-refractivity contribution >= 4 is 11.9 Å². The van der Waals surface area contributed by atoms with E-state index in [1.807, 2.05) is 0 Å². The van der Waals surface area contributed by atoms with Crippen LogP contribution in [0.1, 0.15) is 174 Å². The zero-order valence-corrected chi connectivity index (χ0v) is 30.5. The zero-order chi connectivity index (χ0) is 34.3. The molecular formula is C42H72O5. The predicted octanol–water partition coefficient (Wildman–Crippen LogP) is 12.6. The lowest BCUT2D eigenvalue weighted by Crippen LogP contribution is -2.13. The number of carboxylic acids is 1. The van der Waals surface area contributed by atoms with Gasteiger partial charge in [-0.15, -0.1) is 0 Å². The van der Waals surface area contributed by atoms with E-state index in [0.717, 1.165) is 77.2 Å². The van der Waals surface area contributed by atoms with Gasteiger partial charge in [-0.2, -0.15) is 0 Å². The molecule has 0 aliphatic heterocycles. The predicted molar refractivity (Wildman–Crippen MR) is 201 cm³/mol. The van der Waals surface area contributed by atoms with E-state index in [1.54, 1.807) is 0 Å². The molecular weight excluding hydrogens is 584 g/mol. The number of carbonyl (C=O) groups excluding carboxylic acids is 1. The zero-order valence-electron chi connectivity index (χ0n) is 30.5. The molecule has 0 amide bonds. The number of carbonyl (C=O) groups is 2. The van der Waals surface area contributed by atoms with E-state index in [0.29, 0.717) is 12.7 Å². The highest BCUT2D eigenvalue weighted by molar-refractivity contribution is 5.76. The molecule has 0 unspecified atom stereocenters. The molecule has 0 spiro atoms. The molecule has 47 heavy (non-hydrogen) atoms. The Morgan fingerprint density at radius 2 is 1.00 bits per heavy atom. The van der Waals surface area contributed by atoms with Crippen molar-refractivity contribution in [3.8, 4) is 0 Å². The minimum atomic E-state index is -0.965. The Bertz CT molecular complexity index is 838. The first-order chi connectivity index (χ1) is 23.1. The fourth-order valence-electron chi connectivity index (χ4n) is 5.15. The van der Waals surface area contributed by atoms with Gasteiger partial charge in [0.25, 0.3) is 0 Å². The van der Waals surface area contributed by atoms with Crippen LogP contribution in [0.15, 0.2) is 60.8 Å². The third-order valence-electron chi connectivity index (χ3n) is 8.09.